The molecule has 0 unspecified atom stereocenters. The van der Waals surface area contributed by atoms with Crippen molar-refractivity contribution < 1.29 is 17.1 Å². The molecule has 1 heteroatoms. The molecule has 0 atom stereocenters. The Morgan fingerprint density at radius 3 is 1.87 bits per heavy atom. The van der Waals surface area contributed by atoms with Gasteiger partial charge in [0.1, 0.15) is 0 Å². The Labute approximate surface area is 103 Å². The van der Waals surface area contributed by atoms with E-state index in [0.29, 0.717) is 0 Å². The van der Waals surface area contributed by atoms with Crippen molar-refractivity contribution in [1.82, 2.24) is 0 Å². The first-order chi connectivity index (χ1) is 6.93. The van der Waals surface area contributed by atoms with Crippen molar-refractivity contribution in [2.24, 2.45) is 0 Å². The van der Waals surface area contributed by atoms with Gasteiger partial charge in [0, 0.05) is 17.1 Å². The van der Waals surface area contributed by atoms with Crippen LogP contribution in [0.1, 0.15) is 12.0 Å². The maximum Gasteiger partial charge on any atom is 0 e. The van der Waals surface area contributed by atoms with Crippen LogP contribution in [0.2, 0.25) is 0 Å². The summed E-state index contributed by atoms with van der Waals surface area (Å²) >= 11 is 0. The van der Waals surface area contributed by atoms with E-state index in [-0.39, 0.29) is 17.1 Å². The number of aryl methyl sites for hydroxylation is 1. The van der Waals surface area contributed by atoms with Gasteiger partial charge in [0.15, 0.2) is 0 Å². The summed E-state index contributed by atoms with van der Waals surface area (Å²) in [4.78, 5) is 0. The summed E-state index contributed by atoms with van der Waals surface area (Å²) in [5, 5.41) is 0. The predicted octanol–water partition coefficient (Wildman–Crippen LogP) is 3.93. The summed E-state index contributed by atoms with van der Waals surface area (Å²) in [6.45, 7) is 3.66. The molecule has 0 aliphatic carbocycles. The fourth-order valence-corrected chi connectivity index (χ4v) is 1.17. The molecule has 0 aromatic heterocycles. The Bertz CT molecular complexity index is 286. The van der Waals surface area contributed by atoms with E-state index >= 15 is 0 Å². The van der Waals surface area contributed by atoms with Crippen molar-refractivity contribution in [2.75, 3.05) is 0 Å². The third kappa shape index (κ3) is 6.96. The number of hydrogen-bond acceptors (Lipinski definition) is 0. The van der Waals surface area contributed by atoms with Gasteiger partial charge in [0.05, 0.1) is 0 Å². The normalized spacial score (nSPS) is 8.27. The maximum absolute atomic E-state index is 3.66. The van der Waals surface area contributed by atoms with E-state index in [0.717, 1.165) is 12.8 Å². The molecule has 2 aromatic carbocycles. The number of hydrogen-bond donors (Lipinski definition) is 0. The largest absolute Gasteiger partial charge is 0.748 e. The summed E-state index contributed by atoms with van der Waals surface area (Å²) in [5.41, 5.74) is 1.41. The van der Waals surface area contributed by atoms with Gasteiger partial charge in [-0.15, -0.1) is 6.58 Å². The summed E-state index contributed by atoms with van der Waals surface area (Å²) in [5.74, 6) is 0. The Morgan fingerprint density at radius 1 is 1.00 bits per heavy atom. The zero-order chi connectivity index (χ0) is 10.1. The predicted molar refractivity (Wildman–Crippen MR) is 62.6 cm³/mol. The molecule has 0 aliphatic rings. The molecule has 2 rings (SSSR count). The molecule has 0 N–H and O–H groups in total. The molecule has 0 saturated heterocycles. The van der Waals surface area contributed by atoms with Gasteiger partial charge in [0.25, 0.3) is 0 Å². The first-order valence-electron chi connectivity index (χ1n) is 4.91. The zero-order valence-corrected chi connectivity index (χ0v) is 9.85. The minimum Gasteiger partial charge on any atom is -0.748 e. The quantitative estimate of drug-likeness (QED) is 0.433. The van der Waals surface area contributed by atoms with E-state index in [9.17, 15) is 0 Å². The molecule has 0 saturated carbocycles. The molecule has 86 valence electrons. The van der Waals surface area contributed by atoms with Crippen LogP contribution in [0.15, 0.2) is 67.3 Å². The molecule has 0 spiro atoms. The van der Waals surface area contributed by atoms with Crippen molar-refractivity contribution in [2.45, 2.75) is 12.8 Å². The van der Waals surface area contributed by atoms with E-state index in [1.165, 1.54) is 5.56 Å². The van der Waals surface area contributed by atoms with E-state index in [1.807, 2.05) is 36.4 Å². The number of rotatable bonds is 3. The van der Waals surface area contributed by atoms with E-state index in [1.54, 1.807) is 0 Å². The molecular formula is C14H16Fe-6. The molecular weight excluding hydrogens is 224 g/mol. The molecule has 0 aliphatic heterocycles. The van der Waals surface area contributed by atoms with Gasteiger partial charge >= 0.3 is 0 Å². The Kier molecular flexibility index (Phi) is 8.85. The average Bonchev–Trinajstić information content (AvgIpc) is 2.90. The number of allylic oxidation sites excluding steroid dienone is 1. The Hall–Kier alpha value is -1.04. The van der Waals surface area contributed by atoms with E-state index in [2.05, 4.69) is 30.8 Å². The van der Waals surface area contributed by atoms with Crippen LogP contribution in [0.4, 0.5) is 0 Å². The zero-order valence-electron chi connectivity index (χ0n) is 8.75. The van der Waals surface area contributed by atoms with Crippen LogP contribution in [0.5, 0.6) is 0 Å². The summed E-state index contributed by atoms with van der Waals surface area (Å²) in [7, 11) is 0. The molecule has 0 amide bonds. The van der Waals surface area contributed by atoms with Crippen molar-refractivity contribution >= 4 is 0 Å². The van der Waals surface area contributed by atoms with Gasteiger partial charge in [-0.25, -0.2) is 12.1 Å². The third-order valence-electron chi connectivity index (χ3n) is 1.92. The second kappa shape index (κ2) is 9.51. The smallest absolute Gasteiger partial charge is 0 e. The Balaban J connectivity index is 0.000000280. The topological polar surface area (TPSA) is 0 Å². The minimum absolute atomic E-state index is 0. The van der Waals surface area contributed by atoms with Crippen molar-refractivity contribution in [3.05, 3.63) is 72.8 Å². The summed E-state index contributed by atoms with van der Waals surface area (Å²) in [6.07, 6.45) is 4.17. The monoisotopic (exact) mass is 240 g/mol. The second-order valence-corrected chi connectivity index (χ2v) is 3.08. The molecule has 0 heterocycles. The molecule has 0 nitrogen and oxygen atoms in total. The van der Waals surface area contributed by atoms with Crippen molar-refractivity contribution in [3.63, 3.8) is 0 Å². The SMILES string of the molecule is C=CCC[c-]1cccc1.[Fe].[cH-]1[cH-][cH-][cH-][cH-]1. The van der Waals surface area contributed by atoms with Gasteiger partial charge in [-0.05, 0) is 6.42 Å². The van der Waals surface area contributed by atoms with Gasteiger partial charge in [-0.1, -0.05) is 12.5 Å². The van der Waals surface area contributed by atoms with Gasteiger partial charge in [-0.2, -0.15) is 17.7 Å². The van der Waals surface area contributed by atoms with Crippen LogP contribution >= 0.6 is 0 Å². The van der Waals surface area contributed by atoms with Gasteiger partial charge in [-0.3, -0.25) is 0 Å². The molecule has 2 aromatic rings. The van der Waals surface area contributed by atoms with Crippen LogP contribution in [0.25, 0.3) is 0 Å². The van der Waals surface area contributed by atoms with Crippen LogP contribution in [-0.4, -0.2) is 0 Å². The summed E-state index contributed by atoms with van der Waals surface area (Å²) < 4.78 is 0. The fourth-order valence-electron chi connectivity index (χ4n) is 1.17. The minimum atomic E-state index is 0. The van der Waals surface area contributed by atoms with Gasteiger partial charge in [0.2, 0.25) is 0 Å². The molecule has 15 heavy (non-hydrogen) atoms. The first-order valence-corrected chi connectivity index (χ1v) is 4.91. The molecule has 0 bridgehead atoms. The van der Waals surface area contributed by atoms with Crippen LogP contribution in [-0.2, 0) is 23.5 Å². The van der Waals surface area contributed by atoms with Crippen LogP contribution in [0, 0.1) is 0 Å². The molecule has 0 radical (unpaired) electrons. The Morgan fingerprint density at radius 2 is 1.47 bits per heavy atom. The standard InChI is InChI=1S/C9H11.C5H5.Fe/c1-2-3-6-9-7-4-5-8-9;1-2-4-5-3-1;/h2,4-5,7-8H,1,3,6H2;1-5H;/q-1;-5;. The fraction of sp³-hybridized carbons (Fsp3) is 0.143. The maximum atomic E-state index is 3.66. The average molecular weight is 240 g/mol. The second-order valence-electron chi connectivity index (χ2n) is 3.08. The third-order valence-corrected chi connectivity index (χ3v) is 1.92. The first kappa shape index (κ1) is 14.0. The van der Waals surface area contributed by atoms with E-state index < -0.39 is 0 Å². The van der Waals surface area contributed by atoms with Gasteiger partial charge < -0.3 is 30.3 Å². The van der Waals surface area contributed by atoms with Crippen molar-refractivity contribution in [3.8, 4) is 0 Å². The van der Waals surface area contributed by atoms with Crippen LogP contribution < -0.4 is 0 Å². The van der Waals surface area contributed by atoms with Crippen LogP contribution in [0.3, 0.4) is 0 Å². The van der Waals surface area contributed by atoms with E-state index in [4.69, 9.17) is 0 Å². The summed E-state index contributed by atoms with van der Waals surface area (Å²) in [6, 6.07) is 18.4. The molecule has 0 fully saturated rings. The van der Waals surface area contributed by atoms with Crippen molar-refractivity contribution in [1.29, 1.82) is 0 Å².